The lowest BCUT2D eigenvalue weighted by Crippen LogP contribution is -2.20. The van der Waals surface area contributed by atoms with Crippen molar-refractivity contribution in [3.63, 3.8) is 0 Å². The van der Waals surface area contributed by atoms with Crippen LogP contribution >= 0.6 is 0 Å². The fourth-order valence-electron chi connectivity index (χ4n) is 2.18. The predicted octanol–water partition coefficient (Wildman–Crippen LogP) is 3.86. The van der Waals surface area contributed by atoms with E-state index in [1.54, 1.807) is 24.3 Å². The fourth-order valence-corrected chi connectivity index (χ4v) is 2.18. The molecule has 0 unspecified atom stereocenters. The van der Waals surface area contributed by atoms with Gasteiger partial charge >= 0.3 is 0 Å². The molecule has 0 aliphatic heterocycles. The number of aryl methyl sites for hydroxylation is 1. The molecule has 120 valence electrons. The van der Waals surface area contributed by atoms with E-state index in [1.165, 1.54) is 12.5 Å². The van der Waals surface area contributed by atoms with Gasteiger partial charge in [0.2, 0.25) is 0 Å². The maximum Gasteiger partial charge on any atom is 0.262 e. The summed E-state index contributed by atoms with van der Waals surface area (Å²) in [7, 11) is 0. The van der Waals surface area contributed by atoms with Crippen molar-refractivity contribution in [2.75, 3.05) is 11.9 Å². The lowest BCUT2D eigenvalue weighted by atomic mass is 10.1. The largest absolute Gasteiger partial charge is 0.484 e. The van der Waals surface area contributed by atoms with Crippen LogP contribution in [-0.2, 0) is 11.2 Å². The van der Waals surface area contributed by atoms with Gasteiger partial charge in [0.1, 0.15) is 5.75 Å². The van der Waals surface area contributed by atoms with Crippen molar-refractivity contribution >= 4 is 17.4 Å². The first kappa shape index (κ1) is 16.7. The first-order valence-corrected chi connectivity index (χ1v) is 7.71. The summed E-state index contributed by atoms with van der Waals surface area (Å²) in [6.45, 7) is 3.57. The maximum atomic E-state index is 11.9. The highest BCUT2D eigenvalue weighted by Crippen LogP contribution is 2.13. The molecule has 0 aromatic heterocycles. The number of hydrogen-bond donors (Lipinski definition) is 1. The zero-order valence-electron chi connectivity index (χ0n) is 13.5. The fraction of sp³-hybridized carbons (Fsp3) is 0.263. The minimum absolute atomic E-state index is 0.000753. The number of benzene rings is 2. The highest BCUT2D eigenvalue weighted by atomic mass is 16.5. The van der Waals surface area contributed by atoms with Gasteiger partial charge in [0.05, 0.1) is 0 Å². The van der Waals surface area contributed by atoms with Gasteiger partial charge in [-0.05, 0) is 55.3 Å². The molecule has 2 aromatic rings. The molecule has 0 atom stereocenters. The summed E-state index contributed by atoms with van der Waals surface area (Å²) < 4.78 is 5.41. The standard InChI is InChI=1S/C19H21NO3/c1-3-4-15-5-9-17(10-6-15)20-19(22)13-23-18-11-7-16(8-12-18)14(2)21/h5-12H,3-4,13H2,1-2H3,(H,20,22). The van der Waals surface area contributed by atoms with Gasteiger partial charge in [-0.15, -0.1) is 0 Å². The summed E-state index contributed by atoms with van der Waals surface area (Å²) in [5.41, 5.74) is 2.63. The van der Waals surface area contributed by atoms with E-state index in [-0.39, 0.29) is 18.3 Å². The zero-order valence-corrected chi connectivity index (χ0v) is 13.5. The SMILES string of the molecule is CCCc1ccc(NC(=O)COc2ccc(C(C)=O)cc2)cc1. The van der Waals surface area contributed by atoms with Crippen molar-refractivity contribution in [3.05, 3.63) is 59.7 Å². The number of nitrogens with one attached hydrogen (secondary N) is 1. The minimum Gasteiger partial charge on any atom is -0.484 e. The van der Waals surface area contributed by atoms with Gasteiger partial charge in [-0.1, -0.05) is 25.5 Å². The summed E-state index contributed by atoms with van der Waals surface area (Å²) in [6.07, 6.45) is 2.13. The number of carbonyl (C=O) groups is 2. The van der Waals surface area contributed by atoms with Crippen molar-refractivity contribution in [2.45, 2.75) is 26.7 Å². The van der Waals surface area contributed by atoms with Gasteiger partial charge in [-0.25, -0.2) is 0 Å². The normalized spacial score (nSPS) is 10.2. The molecular formula is C19H21NO3. The molecule has 0 saturated heterocycles. The molecule has 0 fully saturated rings. The lowest BCUT2D eigenvalue weighted by molar-refractivity contribution is -0.118. The van der Waals surface area contributed by atoms with Crippen molar-refractivity contribution in [3.8, 4) is 5.75 Å². The van der Waals surface area contributed by atoms with Crippen molar-refractivity contribution in [1.29, 1.82) is 0 Å². The molecule has 1 N–H and O–H groups in total. The number of amides is 1. The zero-order chi connectivity index (χ0) is 16.7. The second-order valence-corrected chi connectivity index (χ2v) is 5.36. The van der Waals surface area contributed by atoms with Gasteiger partial charge in [0.25, 0.3) is 5.91 Å². The molecule has 0 saturated carbocycles. The van der Waals surface area contributed by atoms with E-state index >= 15 is 0 Å². The molecule has 23 heavy (non-hydrogen) atoms. The van der Waals surface area contributed by atoms with E-state index in [1.807, 2.05) is 24.3 Å². The summed E-state index contributed by atoms with van der Waals surface area (Å²) in [4.78, 5) is 23.1. The Hall–Kier alpha value is -2.62. The average molecular weight is 311 g/mol. The van der Waals surface area contributed by atoms with Crippen LogP contribution in [0.25, 0.3) is 0 Å². The highest BCUT2D eigenvalue weighted by molar-refractivity contribution is 5.94. The van der Waals surface area contributed by atoms with Gasteiger partial charge in [0.15, 0.2) is 12.4 Å². The van der Waals surface area contributed by atoms with E-state index in [4.69, 9.17) is 4.74 Å². The maximum absolute atomic E-state index is 11.9. The van der Waals surface area contributed by atoms with Crippen LogP contribution in [0.5, 0.6) is 5.75 Å². The molecule has 2 aromatic carbocycles. The van der Waals surface area contributed by atoms with Gasteiger partial charge in [0, 0.05) is 11.3 Å². The first-order chi connectivity index (χ1) is 11.1. The third-order valence-corrected chi connectivity index (χ3v) is 3.41. The van der Waals surface area contributed by atoms with Gasteiger partial charge < -0.3 is 10.1 Å². The Labute approximate surface area is 136 Å². The highest BCUT2D eigenvalue weighted by Gasteiger charge is 2.05. The Kier molecular flexibility index (Phi) is 5.92. The Balaban J connectivity index is 1.83. The third-order valence-electron chi connectivity index (χ3n) is 3.41. The number of ether oxygens (including phenoxy) is 1. The second-order valence-electron chi connectivity index (χ2n) is 5.36. The molecule has 1 amide bonds. The molecule has 0 aliphatic rings. The van der Waals surface area contributed by atoms with Crippen LogP contribution < -0.4 is 10.1 Å². The Morgan fingerprint density at radius 3 is 2.22 bits per heavy atom. The Bertz CT molecular complexity index is 660. The summed E-state index contributed by atoms with van der Waals surface area (Å²) >= 11 is 0. The average Bonchev–Trinajstić information content (AvgIpc) is 2.55. The molecule has 0 radical (unpaired) electrons. The number of hydrogen-bond acceptors (Lipinski definition) is 3. The second kappa shape index (κ2) is 8.13. The molecular weight excluding hydrogens is 290 g/mol. The molecule has 4 heteroatoms. The van der Waals surface area contributed by atoms with E-state index in [2.05, 4.69) is 12.2 Å². The van der Waals surface area contributed by atoms with E-state index in [0.29, 0.717) is 11.3 Å². The lowest BCUT2D eigenvalue weighted by Gasteiger charge is -2.08. The molecule has 0 bridgehead atoms. The van der Waals surface area contributed by atoms with Crippen LogP contribution in [0.4, 0.5) is 5.69 Å². The van der Waals surface area contributed by atoms with Crippen molar-refractivity contribution in [2.24, 2.45) is 0 Å². The van der Waals surface area contributed by atoms with Crippen molar-refractivity contribution in [1.82, 2.24) is 0 Å². The smallest absolute Gasteiger partial charge is 0.262 e. The number of ketones is 1. The van der Waals surface area contributed by atoms with E-state index in [0.717, 1.165) is 18.5 Å². The molecule has 4 nitrogen and oxygen atoms in total. The van der Waals surface area contributed by atoms with Crippen LogP contribution in [-0.4, -0.2) is 18.3 Å². The predicted molar refractivity (Wildman–Crippen MR) is 91.0 cm³/mol. The first-order valence-electron chi connectivity index (χ1n) is 7.71. The van der Waals surface area contributed by atoms with Gasteiger partial charge in [-0.2, -0.15) is 0 Å². The number of carbonyl (C=O) groups excluding carboxylic acids is 2. The Morgan fingerprint density at radius 1 is 1.00 bits per heavy atom. The summed E-state index contributed by atoms with van der Waals surface area (Å²) in [6, 6.07) is 14.5. The third kappa shape index (κ3) is 5.25. The van der Waals surface area contributed by atoms with Crippen LogP contribution in [0.2, 0.25) is 0 Å². The number of rotatable bonds is 7. The van der Waals surface area contributed by atoms with E-state index < -0.39 is 0 Å². The summed E-state index contributed by atoms with van der Waals surface area (Å²) in [5, 5.41) is 2.79. The monoisotopic (exact) mass is 311 g/mol. The van der Waals surface area contributed by atoms with Gasteiger partial charge in [-0.3, -0.25) is 9.59 Å². The van der Waals surface area contributed by atoms with Crippen LogP contribution in [0, 0.1) is 0 Å². The quantitative estimate of drug-likeness (QED) is 0.790. The molecule has 0 spiro atoms. The molecule has 0 aliphatic carbocycles. The number of Topliss-reactive ketones (excluding diaryl/α,β-unsaturated/α-hetero) is 1. The van der Waals surface area contributed by atoms with Crippen LogP contribution in [0.1, 0.15) is 36.2 Å². The number of anilines is 1. The minimum atomic E-state index is -0.219. The van der Waals surface area contributed by atoms with Crippen LogP contribution in [0.3, 0.4) is 0 Å². The van der Waals surface area contributed by atoms with E-state index in [9.17, 15) is 9.59 Å². The van der Waals surface area contributed by atoms with Crippen LogP contribution in [0.15, 0.2) is 48.5 Å². The van der Waals surface area contributed by atoms with Crippen molar-refractivity contribution < 1.29 is 14.3 Å². The summed E-state index contributed by atoms with van der Waals surface area (Å²) in [5.74, 6) is 0.341. The molecule has 0 heterocycles. The Morgan fingerprint density at radius 2 is 1.65 bits per heavy atom. The molecule has 2 rings (SSSR count). The topological polar surface area (TPSA) is 55.4 Å².